The number of nitrogens with zero attached hydrogens (tertiary/aromatic N) is 3. The first-order valence-corrected chi connectivity index (χ1v) is 4.48. The van der Waals surface area contributed by atoms with E-state index in [2.05, 4.69) is 10.3 Å². The van der Waals surface area contributed by atoms with E-state index >= 15 is 0 Å². The lowest BCUT2D eigenvalue weighted by molar-refractivity contribution is -0.388. The number of nitro groups is 1. The lowest BCUT2D eigenvalue weighted by Gasteiger charge is -2.11. The number of rotatable bonds is 4. The summed E-state index contributed by atoms with van der Waals surface area (Å²) in [6.07, 6.45) is 2.34. The molecule has 0 aromatic carbocycles. The molecule has 14 heavy (non-hydrogen) atoms. The molecule has 0 saturated heterocycles. The van der Waals surface area contributed by atoms with Crippen LogP contribution in [-0.2, 0) is 7.05 Å². The van der Waals surface area contributed by atoms with E-state index in [0.717, 1.165) is 6.42 Å². The van der Waals surface area contributed by atoms with E-state index in [1.807, 2.05) is 13.8 Å². The fraction of sp³-hybridized carbons (Fsp3) is 0.625. The van der Waals surface area contributed by atoms with E-state index in [-0.39, 0.29) is 11.9 Å². The molecule has 0 radical (unpaired) electrons. The largest absolute Gasteiger partial charge is 0.406 e. The van der Waals surface area contributed by atoms with Gasteiger partial charge in [0.25, 0.3) is 0 Å². The Balaban J connectivity index is 2.93. The summed E-state index contributed by atoms with van der Waals surface area (Å²) < 4.78 is 1.62. The molecule has 6 heteroatoms. The summed E-state index contributed by atoms with van der Waals surface area (Å²) >= 11 is 0. The molecule has 0 saturated carbocycles. The maximum atomic E-state index is 10.6. The molecular formula is C8H14N4O2. The zero-order valence-corrected chi connectivity index (χ0v) is 8.52. The van der Waals surface area contributed by atoms with Crippen molar-refractivity contribution in [1.29, 1.82) is 0 Å². The maximum absolute atomic E-state index is 10.6. The van der Waals surface area contributed by atoms with Crippen LogP contribution in [-0.4, -0.2) is 20.5 Å². The molecule has 0 aliphatic carbocycles. The number of hydrogen-bond acceptors (Lipinski definition) is 4. The van der Waals surface area contributed by atoms with Gasteiger partial charge in [0, 0.05) is 13.1 Å². The van der Waals surface area contributed by atoms with E-state index < -0.39 is 4.92 Å². The molecule has 1 aromatic heterocycles. The Morgan fingerprint density at radius 1 is 1.79 bits per heavy atom. The number of aryl methyl sites for hydroxylation is 1. The van der Waals surface area contributed by atoms with Gasteiger partial charge in [0.2, 0.25) is 12.1 Å². The minimum absolute atomic E-state index is 0.118. The molecule has 0 aliphatic rings. The van der Waals surface area contributed by atoms with Gasteiger partial charge in [-0.3, -0.25) is 4.57 Å². The van der Waals surface area contributed by atoms with Crippen LogP contribution in [0.3, 0.4) is 0 Å². The van der Waals surface area contributed by atoms with Gasteiger partial charge in [0.05, 0.1) is 0 Å². The van der Waals surface area contributed by atoms with Crippen molar-refractivity contribution in [2.75, 3.05) is 5.32 Å². The summed E-state index contributed by atoms with van der Waals surface area (Å²) in [6.45, 7) is 3.98. The monoisotopic (exact) mass is 198 g/mol. The predicted molar refractivity (Wildman–Crippen MR) is 53.2 cm³/mol. The normalized spacial score (nSPS) is 12.5. The zero-order chi connectivity index (χ0) is 10.7. The Bertz CT molecular complexity index is 334. The van der Waals surface area contributed by atoms with Crippen LogP contribution >= 0.6 is 0 Å². The average Bonchev–Trinajstić information content (AvgIpc) is 2.48. The second-order valence-corrected chi connectivity index (χ2v) is 3.24. The van der Waals surface area contributed by atoms with Crippen molar-refractivity contribution in [2.45, 2.75) is 26.3 Å². The molecule has 0 amide bonds. The van der Waals surface area contributed by atoms with Crippen LogP contribution in [0.1, 0.15) is 20.3 Å². The summed E-state index contributed by atoms with van der Waals surface area (Å²) in [5.41, 5.74) is 0. The van der Waals surface area contributed by atoms with Crippen LogP contribution in [0.25, 0.3) is 0 Å². The zero-order valence-electron chi connectivity index (χ0n) is 8.52. The van der Waals surface area contributed by atoms with E-state index in [9.17, 15) is 10.1 Å². The molecule has 0 fully saturated rings. The molecule has 0 aliphatic heterocycles. The van der Waals surface area contributed by atoms with Gasteiger partial charge in [-0.15, -0.1) is 0 Å². The van der Waals surface area contributed by atoms with Crippen LogP contribution < -0.4 is 5.32 Å². The van der Waals surface area contributed by atoms with E-state index in [1.165, 1.54) is 6.33 Å². The number of nitrogens with one attached hydrogen (secondary N) is 1. The van der Waals surface area contributed by atoms with E-state index in [1.54, 1.807) is 11.6 Å². The maximum Gasteiger partial charge on any atom is 0.406 e. The Hall–Kier alpha value is -1.59. The molecular weight excluding hydrogens is 184 g/mol. The highest BCUT2D eigenvalue weighted by Crippen LogP contribution is 2.21. The van der Waals surface area contributed by atoms with Gasteiger partial charge in [0.1, 0.15) is 0 Å². The van der Waals surface area contributed by atoms with Crippen LogP contribution in [0.5, 0.6) is 0 Å². The molecule has 6 nitrogen and oxygen atoms in total. The lowest BCUT2D eigenvalue weighted by Crippen LogP contribution is -2.16. The lowest BCUT2D eigenvalue weighted by atomic mass is 10.2. The summed E-state index contributed by atoms with van der Waals surface area (Å²) in [5, 5.41) is 13.6. The van der Waals surface area contributed by atoms with Gasteiger partial charge in [-0.05, 0) is 23.3 Å². The van der Waals surface area contributed by atoms with Crippen molar-refractivity contribution < 1.29 is 4.92 Å². The fourth-order valence-electron chi connectivity index (χ4n) is 1.05. The first-order chi connectivity index (χ1) is 6.56. The molecule has 1 N–H and O–H groups in total. The predicted octanol–water partition coefficient (Wildman–Crippen LogP) is 1.54. The molecule has 78 valence electrons. The third-order valence-corrected chi connectivity index (χ3v) is 2.09. The van der Waals surface area contributed by atoms with Crippen molar-refractivity contribution in [3.05, 3.63) is 16.4 Å². The van der Waals surface area contributed by atoms with Crippen molar-refractivity contribution in [2.24, 2.45) is 7.05 Å². The van der Waals surface area contributed by atoms with Crippen molar-refractivity contribution in [3.8, 4) is 0 Å². The van der Waals surface area contributed by atoms with Crippen LogP contribution in [0.15, 0.2) is 6.33 Å². The number of hydrogen-bond donors (Lipinski definition) is 1. The highest BCUT2D eigenvalue weighted by molar-refractivity contribution is 5.52. The minimum Gasteiger partial charge on any atom is -0.362 e. The first kappa shape index (κ1) is 10.5. The summed E-state index contributed by atoms with van der Waals surface area (Å²) in [4.78, 5) is 13.8. The standard InChI is InChI=1S/C8H14N4O2/c1-4-6(2)10-8-7(12(13)14)9-5-11(8)3/h5-6,10H,4H2,1-3H3. The summed E-state index contributed by atoms with van der Waals surface area (Å²) in [5.74, 6) is 0.345. The highest BCUT2D eigenvalue weighted by atomic mass is 16.6. The molecule has 1 heterocycles. The Morgan fingerprint density at radius 3 is 2.93 bits per heavy atom. The Morgan fingerprint density at radius 2 is 2.43 bits per heavy atom. The van der Waals surface area contributed by atoms with Crippen molar-refractivity contribution >= 4 is 11.6 Å². The second kappa shape index (κ2) is 4.08. The first-order valence-electron chi connectivity index (χ1n) is 4.48. The molecule has 0 spiro atoms. The smallest absolute Gasteiger partial charge is 0.362 e. The summed E-state index contributed by atoms with van der Waals surface area (Å²) in [7, 11) is 1.73. The van der Waals surface area contributed by atoms with Crippen molar-refractivity contribution in [3.63, 3.8) is 0 Å². The van der Waals surface area contributed by atoms with Gasteiger partial charge in [-0.2, -0.15) is 0 Å². The molecule has 1 atom stereocenters. The van der Waals surface area contributed by atoms with E-state index in [4.69, 9.17) is 0 Å². The number of imidazole rings is 1. The number of anilines is 1. The number of aromatic nitrogens is 2. The molecule has 1 aromatic rings. The SMILES string of the molecule is CCC(C)Nc1c([N+](=O)[O-])ncn1C. The van der Waals surface area contributed by atoms with Gasteiger partial charge >= 0.3 is 5.82 Å². The minimum atomic E-state index is -0.481. The second-order valence-electron chi connectivity index (χ2n) is 3.24. The molecule has 1 rings (SSSR count). The van der Waals surface area contributed by atoms with Crippen LogP contribution in [0.2, 0.25) is 0 Å². The Kier molecular flexibility index (Phi) is 3.06. The van der Waals surface area contributed by atoms with Gasteiger partial charge in [-0.25, -0.2) is 0 Å². The average molecular weight is 198 g/mol. The topological polar surface area (TPSA) is 73.0 Å². The third-order valence-electron chi connectivity index (χ3n) is 2.09. The summed E-state index contributed by atoms with van der Waals surface area (Å²) in [6, 6.07) is 0.198. The Labute approximate surface area is 82.1 Å². The molecule has 1 unspecified atom stereocenters. The van der Waals surface area contributed by atoms with Gasteiger partial charge < -0.3 is 15.4 Å². The molecule has 0 bridgehead atoms. The van der Waals surface area contributed by atoms with Crippen LogP contribution in [0.4, 0.5) is 11.6 Å². The van der Waals surface area contributed by atoms with E-state index in [0.29, 0.717) is 5.82 Å². The highest BCUT2D eigenvalue weighted by Gasteiger charge is 2.20. The fourth-order valence-corrected chi connectivity index (χ4v) is 1.05. The van der Waals surface area contributed by atoms with Crippen LogP contribution in [0, 0.1) is 10.1 Å². The van der Waals surface area contributed by atoms with Crippen molar-refractivity contribution in [1.82, 2.24) is 9.55 Å². The van der Waals surface area contributed by atoms with Gasteiger partial charge in [-0.1, -0.05) is 6.92 Å². The van der Waals surface area contributed by atoms with Gasteiger partial charge in [0.15, 0.2) is 0 Å². The third kappa shape index (κ3) is 2.01. The quantitative estimate of drug-likeness (QED) is 0.588.